The maximum Gasteiger partial charge on any atom is 0.222 e. The van der Waals surface area contributed by atoms with Crippen molar-refractivity contribution in [2.75, 3.05) is 26.2 Å². The molecule has 0 radical (unpaired) electrons. The van der Waals surface area contributed by atoms with Crippen molar-refractivity contribution in [1.29, 1.82) is 0 Å². The third kappa shape index (κ3) is 3.35. The molecule has 0 unspecified atom stereocenters. The van der Waals surface area contributed by atoms with Gasteiger partial charge in [-0.25, -0.2) is 0 Å². The molecule has 2 saturated heterocycles. The lowest BCUT2D eigenvalue weighted by Gasteiger charge is -2.36. The van der Waals surface area contributed by atoms with E-state index in [2.05, 4.69) is 18.4 Å². The molecule has 18 heavy (non-hydrogen) atoms. The van der Waals surface area contributed by atoms with Gasteiger partial charge >= 0.3 is 0 Å². The molecule has 0 aromatic heterocycles. The molecule has 0 aromatic rings. The Morgan fingerprint density at radius 1 is 1.22 bits per heavy atom. The highest BCUT2D eigenvalue weighted by atomic mass is 16.2. The first-order valence-corrected chi connectivity index (χ1v) is 7.33. The Hall–Kier alpha value is -0.830. The molecule has 2 aliphatic rings. The Bertz CT molecular complexity index is 295. The van der Waals surface area contributed by atoms with Crippen LogP contribution in [0.1, 0.15) is 39.0 Å². The van der Waals surface area contributed by atoms with Gasteiger partial charge in [0.05, 0.1) is 0 Å². The average Bonchev–Trinajstić information content (AvgIpc) is 2.55. The Morgan fingerprint density at radius 2 is 1.94 bits per heavy atom. The van der Waals surface area contributed by atoms with Gasteiger partial charge in [0, 0.05) is 25.6 Å². The molecule has 2 rings (SSSR count). The van der Waals surface area contributed by atoms with Crippen LogP contribution in [-0.4, -0.2) is 47.9 Å². The third-order valence-electron chi connectivity index (χ3n) is 4.46. The molecule has 0 N–H and O–H groups in total. The molecule has 0 aliphatic carbocycles. The third-order valence-corrected chi connectivity index (χ3v) is 4.46. The minimum atomic E-state index is 0.308. The number of amides is 1. The van der Waals surface area contributed by atoms with Crippen molar-refractivity contribution >= 4 is 5.91 Å². The van der Waals surface area contributed by atoms with Gasteiger partial charge in [0.2, 0.25) is 5.91 Å². The average molecular weight is 250 g/mol. The first-order chi connectivity index (χ1) is 8.70. The van der Waals surface area contributed by atoms with E-state index in [-0.39, 0.29) is 0 Å². The van der Waals surface area contributed by atoms with Gasteiger partial charge in [-0.3, -0.25) is 4.79 Å². The highest BCUT2D eigenvalue weighted by Gasteiger charge is 2.27. The van der Waals surface area contributed by atoms with Crippen molar-refractivity contribution in [2.45, 2.75) is 45.1 Å². The van der Waals surface area contributed by atoms with E-state index in [1.54, 1.807) is 0 Å². The summed E-state index contributed by atoms with van der Waals surface area (Å²) in [4.78, 5) is 16.5. The van der Waals surface area contributed by atoms with E-state index in [1.165, 1.54) is 25.9 Å². The summed E-state index contributed by atoms with van der Waals surface area (Å²) in [7, 11) is 0. The first kappa shape index (κ1) is 13.6. The number of nitrogens with zero attached hydrogens (tertiary/aromatic N) is 2. The zero-order chi connectivity index (χ0) is 13.0. The van der Waals surface area contributed by atoms with Gasteiger partial charge in [-0.2, -0.15) is 0 Å². The molecule has 2 aliphatic heterocycles. The zero-order valence-electron chi connectivity index (χ0n) is 11.6. The van der Waals surface area contributed by atoms with Crippen molar-refractivity contribution in [2.24, 2.45) is 5.92 Å². The van der Waals surface area contributed by atoms with E-state index in [4.69, 9.17) is 0 Å². The number of piperidine rings is 1. The number of carbonyl (C=O) groups is 1. The highest BCUT2D eigenvalue weighted by Crippen LogP contribution is 2.23. The number of carbonyl (C=O) groups excluding carboxylic acids is 1. The van der Waals surface area contributed by atoms with Crippen LogP contribution in [0.5, 0.6) is 0 Å². The molecule has 2 fully saturated rings. The number of likely N-dealkylation sites (tertiary alicyclic amines) is 2. The standard InChI is InChI=1S/C15H26N2O/c1-3-9-17-12-8-14(4-5-15(17)18)16-10-6-13(2)7-11-16/h3,13-14H,1,4-12H2,2H3/t14-/m1/s1. The molecule has 3 nitrogen and oxygen atoms in total. The minimum Gasteiger partial charge on any atom is -0.339 e. The van der Waals surface area contributed by atoms with Crippen LogP contribution < -0.4 is 0 Å². The normalized spacial score (nSPS) is 28.2. The molecule has 1 atom stereocenters. The second kappa shape index (κ2) is 6.37. The summed E-state index contributed by atoms with van der Waals surface area (Å²) >= 11 is 0. The summed E-state index contributed by atoms with van der Waals surface area (Å²) in [6.07, 6.45) is 7.36. The smallest absolute Gasteiger partial charge is 0.222 e. The van der Waals surface area contributed by atoms with Crippen LogP contribution in [0, 0.1) is 5.92 Å². The summed E-state index contributed by atoms with van der Waals surface area (Å²) in [6.45, 7) is 10.1. The number of hydrogen-bond acceptors (Lipinski definition) is 2. The fraction of sp³-hybridized carbons (Fsp3) is 0.800. The van der Waals surface area contributed by atoms with Crippen molar-refractivity contribution in [3.8, 4) is 0 Å². The van der Waals surface area contributed by atoms with Crippen LogP contribution >= 0.6 is 0 Å². The highest BCUT2D eigenvalue weighted by molar-refractivity contribution is 5.76. The summed E-state index contributed by atoms with van der Waals surface area (Å²) in [6, 6.07) is 0.622. The summed E-state index contributed by atoms with van der Waals surface area (Å²) in [5.41, 5.74) is 0. The maximum absolute atomic E-state index is 11.9. The van der Waals surface area contributed by atoms with Gasteiger partial charge in [-0.15, -0.1) is 6.58 Å². The molecule has 3 heteroatoms. The number of hydrogen-bond donors (Lipinski definition) is 0. The summed E-state index contributed by atoms with van der Waals surface area (Å²) in [5, 5.41) is 0. The topological polar surface area (TPSA) is 23.6 Å². The van der Waals surface area contributed by atoms with E-state index < -0.39 is 0 Å². The van der Waals surface area contributed by atoms with Gasteiger partial charge < -0.3 is 9.80 Å². The monoisotopic (exact) mass is 250 g/mol. The van der Waals surface area contributed by atoms with E-state index >= 15 is 0 Å². The summed E-state index contributed by atoms with van der Waals surface area (Å²) < 4.78 is 0. The van der Waals surface area contributed by atoms with Crippen molar-refractivity contribution in [1.82, 2.24) is 9.80 Å². The van der Waals surface area contributed by atoms with Crippen molar-refractivity contribution < 1.29 is 4.79 Å². The number of rotatable bonds is 3. The van der Waals surface area contributed by atoms with Gasteiger partial charge in [0.1, 0.15) is 0 Å². The molecular formula is C15H26N2O. The van der Waals surface area contributed by atoms with Crippen LogP contribution in [0.25, 0.3) is 0 Å². The van der Waals surface area contributed by atoms with E-state index in [9.17, 15) is 4.79 Å². The predicted molar refractivity (Wildman–Crippen MR) is 74.4 cm³/mol. The molecule has 0 spiro atoms. The van der Waals surface area contributed by atoms with Crippen LogP contribution in [0.15, 0.2) is 12.7 Å². The first-order valence-electron chi connectivity index (χ1n) is 7.33. The SMILES string of the molecule is C=CCN1CC[C@H](N2CCC(C)CC2)CCC1=O. The Kier molecular flexibility index (Phi) is 4.81. The summed E-state index contributed by atoms with van der Waals surface area (Å²) in [5.74, 6) is 1.19. The van der Waals surface area contributed by atoms with Crippen LogP contribution in [0.3, 0.4) is 0 Å². The fourth-order valence-corrected chi connectivity index (χ4v) is 3.13. The fourth-order valence-electron chi connectivity index (χ4n) is 3.13. The lowest BCUT2D eigenvalue weighted by Crippen LogP contribution is -2.41. The second-order valence-corrected chi connectivity index (χ2v) is 5.83. The molecule has 0 aromatic carbocycles. The molecule has 2 heterocycles. The second-order valence-electron chi connectivity index (χ2n) is 5.83. The van der Waals surface area contributed by atoms with Crippen molar-refractivity contribution in [3.05, 3.63) is 12.7 Å². The Morgan fingerprint density at radius 3 is 2.61 bits per heavy atom. The Balaban J connectivity index is 1.88. The largest absolute Gasteiger partial charge is 0.339 e. The lowest BCUT2D eigenvalue weighted by molar-refractivity contribution is -0.130. The van der Waals surface area contributed by atoms with Crippen molar-refractivity contribution in [3.63, 3.8) is 0 Å². The Labute approximate surface area is 111 Å². The van der Waals surface area contributed by atoms with Gasteiger partial charge in [0.25, 0.3) is 0 Å². The molecule has 0 saturated carbocycles. The maximum atomic E-state index is 11.9. The van der Waals surface area contributed by atoms with Crippen LogP contribution in [-0.2, 0) is 4.79 Å². The lowest BCUT2D eigenvalue weighted by atomic mass is 9.96. The van der Waals surface area contributed by atoms with E-state index in [1.807, 2.05) is 11.0 Å². The van der Waals surface area contributed by atoms with E-state index in [0.717, 1.165) is 25.3 Å². The van der Waals surface area contributed by atoms with E-state index in [0.29, 0.717) is 24.9 Å². The van der Waals surface area contributed by atoms with Crippen LogP contribution in [0.4, 0.5) is 0 Å². The molecule has 0 bridgehead atoms. The van der Waals surface area contributed by atoms with Gasteiger partial charge in [-0.1, -0.05) is 13.0 Å². The minimum absolute atomic E-state index is 0.308. The molecule has 102 valence electrons. The quantitative estimate of drug-likeness (QED) is 0.718. The molecular weight excluding hydrogens is 224 g/mol. The molecule has 1 amide bonds. The van der Waals surface area contributed by atoms with Gasteiger partial charge in [-0.05, 0) is 44.7 Å². The van der Waals surface area contributed by atoms with Crippen LogP contribution in [0.2, 0.25) is 0 Å². The van der Waals surface area contributed by atoms with Gasteiger partial charge in [0.15, 0.2) is 0 Å². The zero-order valence-corrected chi connectivity index (χ0v) is 11.6. The predicted octanol–water partition coefficient (Wildman–Crippen LogP) is 2.29.